The second-order valence-electron chi connectivity index (χ2n) is 6.80. The van der Waals surface area contributed by atoms with Gasteiger partial charge in [-0.2, -0.15) is 0 Å². The normalized spacial score (nSPS) is 11.2. The van der Waals surface area contributed by atoms with Gasteiger partial charge in [0.25, 0.3) is 0 Å². The van der Waals surface area contributed by atoms with Crippen LogP contribution in [0.15, 0.2) is 47.6 Å². The van der Waals surface area contributed by atoms with E-state index >= 15 is 0 Å². The molecule has 0 amide bonds. The Balaban J connectivity index is 0.00000280. The summed E-state index contributed by atoms with van der Waals surface area (Å²) in [4.78, 5) is 14.3. The molecule has 0 spiro atoms. The van der Waals surface area contributed by atoms with Gasteiger partial charge in [0.2, 0.25) is 0 Å². The maximum absolute atomic E-state index is 4.62. The third-order valence-electron chi connectivity index (χ3n) is 4.61. The van der Waals surface area contributed by atoms with Gasteiger partial charge in [0.1, 0.15) is 5.82 Å². The molecule has 0 fully saturated rings. The highest BCUT2D eigenvalue weighted by atomic mass is 127. The van der Waals surface area contributed by atoms with Crippen LogP contribution in [0.3, 0.4) is 0 Å². The van der Waals surface area contributed by atoms with Crippen LogP contribution >= 0.6 is 24.0 Å². The summed E-state index contributed by atoms with van der Waals surface area (Å²) >= 11 is 0. The first kappa shape index (κ1) is 22.0. The number of nitrogens with zero attached hydrogens (tertiary/aromatic N) is 3. The number of hydrogen-bond acceptors (Lipinski definition) is 3. The monoisotopic (exact) mass is 492 g/mol. The summed E-state index contributed by atoms with van der Waals surface area (Å²) in [5.41, 5.74) is 4.80. The predicted molar refractivity (Wildman–Crippen MR) is 129 cm³/mol. The minimum atomic E-state index is 0. The number of aromatic amines is 1. The molecule has 6 nitrogen and oxygen atoms in total. The van der Waals surface area contributed by atoms with Crippen molar-refractivity contribution in [3.8, 4) is 0 Å². The number of aromatic nitrogens is 2. The number of pyridine rings is 1. The molecule has 0 aliphatic rings. The molecule has 2 aromatic heterocycles. The molecule has 0 saturated carbocycles. The standard InChI is InChI=1S/C21H28N6.HI/c1-15-7-5-9-18-16(13-24-20(15)18)11-12-23-21(22-2)25-14-17-8-6-10-19(26-17)27(3)4;/h5-10,13,24H,11-12,14H2,1-4H3,(H2,22,23,25);1H. The molecule has 28 heavy (non-hydrogen) atoms. The fraction of sp³-hybridized carbons (Fsp3) is 0.333. The maximum atomic E-state index is 4.62. The van der Waals surface area contributed by atoms with Gasteiger partial charge in [0.05, 0.1) is 12.2 Å². The average Bonchev–Trinajstić information content (AvgIpc) is 3.09. The van der Waals surface area contributed by atoms with Crippen LogP contribution in [0, 0.1) is 6.92 Å². The lowest BCUT2D eigenvalue weighted by Crippen LogP contribution is -2.38. The van der Waals surface area contributed by atoms with Crippen molar-refractivity contribution >= 4 is 46.7 Å². The zero-order valence-corrected chi connectivity index (χ0v) is 19.2. The quantitative estimate of drug-likeness (QED) is 0.280. The van der Waals surface area contributed by atoms with E-state index in [1.54, 1.807) is 7.05 Å². The molecule has 3 rings (SSSR count). The van der Waals surface area contributed by atoms with Gasteiger partial charge in [-0.05, 0) is 36.6 Å². The lowest BCUT2D eigenvalue weighted by atomic mass is 10.1. The molecule has 2 heterocycles. The fourth-order valence-corrected chi connectivity index (χ4v) is 3.10. The second-order valence-corrected chi connectivity index (χ2v) is 6.80. The molecule has 0 saturated heterocycles. The van der Waals surface area contributed by atoms with Crippen molar-refractivity contribution in [3.63, 3.8) is 0 Å². The summed E-state index contributed by atoms with van der Waals surface area (Å²) in [5.74, 6) is 1.73. The van der Waals surface area contributed by atoms with Gasteiger partial charge in [-0.1, -0.05) is 24.3 Å². The Labute approximate surface area is 183 Å². The molecule has 0 atom stereocenters. The summed E-state index contributed by atoms with van der Waals surface area (Å²) in [5, 5.41) is 8.01. The molecule has 7 heteroatoms. The van der Waals surface area contributed by atoms with Gasteiger partial charge in [-0.15, -0.1) is 24.0 Å². The highest BCUT2D eigenvalue weighted by Gasteiger charge is 2.06. The van der Waals surface area contributed by atoms with E-state index in [4.69, 9.17) is 0 Å². The maximum Gasteiger partial charge on any atom is 0.191 e. The molecule has 3 aromatic rings. The number of halogens is 1. The summed E-state index contributed by atoms with van der Waals surface area (Å²) in [6.45, 7) is 3.57. The molecule has 0 aliphatic heterocycles. The highest BCUT2D eigenvalue weighted by Crippen LogP contribution is 2.21. The number of aliphatic imine (C=N–C) groups is 1. The second kappa shape index (κ2) is 10.3. The molecule has 150 valence electrons. The SMILES string of the molecule is CN=C(NCCc1c[nH]c2c(C)cccc12)NCc1cccc(N(C)C)n1.I. The van der Waals surface area contributed by atoms with Crippen LogP contribution in [-0.2, 0) is 13.0 Å². The van der Waals surface area contributed by atoms with Crippen LogP contribution in [0.1, 0.15) is 16.8 Å². The number of guanidine groups is 1. The van der Waals surface area contributed by atoms with E-state index in [1.165, 1.54) is 22.0 Å². The van der Waals surface area contributed by atoms with Crippen molar-refractivity contribution in [2.45, 2.75) is 19.9 Å². The molecular weight excluding hydrogens is 463 g/mol. The van der Waals surface area contributed by atoms with Gasteiger partial charge in [0.15, 0.2) is 5.96 Å². The van der Waals surface area contributed by atoms with Crippen molar-refractivity contribution in [3.05, 3.63) is 59.4 Å². The minimum absolute atomic E-state index is 0. The fourth-order valence-electron chi connectivity index (χ4n) is 3.10. The molecule has 0 unspecified atom stereocenters. The number of fused-ring (bicyclic) bond motifs is 1. The Morgan fingerprint density at radius 1 is 1.14 bits per heavy atom. The molecule has 0 aliphatic carbocycles. The molecular formula is C21H29IN6. The third-order valence-corrected chi connectivity index (χ3v) is 4.61. The zero-order valence-electron chi connectivity index (χ0n) is 16.9. The first-order valence-corrected chi connectivity index (χ1v) is 9.22. The number of hydrogen-bond donors (Lipinski definition) is 3. The molecule has 3 N–H and O–H groups in total. The highest BCUT2D eigenvalue weighted by molar-refractivity contribution is 14.0. The van der Waals surface area contributed by atoms with E-state index in [-0.39, 0.29) is 24.0 Å². The van der Waals surface area contributed by atoms with Crippen LogP contribution in [0.2, 0.25) is 0 Å². The largest absolute Gasteiger partial charge is 0.363 e. The smallest absolute Gasteiger partial charge is 0.191 e. The Hall–Kier alpha value is -2.29. The van der Waals surface area contributed by atoms with E-state index in [2.05, 4.69) is 56.9 Å². The van der Waals surface area contributed by atoms with Crippen molar-refractivity contribution in [1.29, 1.82) is 0 Å². The first-order valence-electron chi connectivity index (χ1n) is 9.22. The van der Waals surface area contributed by atoms with Gasteiger partial charge in [-0.25, -0.2) is 4.98 Å². The Morgan fingerprint density at radius 2 is 1.93 bits per heavy atom. The number of anilines is 1. The average molecular weight is 492 g/mol. The number of H-pyrrole nitrogens is 1. The van der Waals surface area contributed by atoms with E-state index in [9.17, 15) is 0 Å². The summed E-state index contributed by atoms with van der Waals surface area (Å²) in [7, 11) is 5.77. The molecule has 0 radical (unpaired) electrons. The van der Waals surface area contributed by atoms with Gasteiger partial charge >= 0.3 is 0 Å². The summed E-state index contributed by atoms with van der Waals surface area (Å²) in [6, 6.07) is 12.4. The van der Waals surface area contributed by atoms with Gasteiger partial charge < -0.3 is 20.5 Å². The van der Waals surface area contributed by atoms with Crippen LogP contribution in [0.25, 0.3) is 10.9 Å². The van der Waals surface area contributed by atoms with Gasteiger partial charge in [-0.3, -0.25) is 4.99 Å². The Bertz CT molecular complexity index is 932. The van der Waals surface area contributed by atoms with Gasteiger partial charge in [0, 0.05) is 44.8 Å². The number of benzene rings is 1. The van der Waals surface area contributed by atoms with Crippen LogP contribution < -0.4 is 15.5 Å². The Morgan fingerprint density at radius 3 is 2.68 bits per heavy atom. The lowest BCUT2D eigenvalue weighted by Gasteiger charge is -2.14. The number of para-hydroxylation sites is 1. The van der Waals surface area contributed by atoms with Crippen LogP contribution in [-0.4, -0.2) is 43.6 Å². The number of aryl methyl sites for hydroxylation is 1. The van der Waals surface area contributed by atoms with E-state index in [1.807, 2.05) is 37.2 Å². The third kappa shape index (κ3) is 5.37. The van der Waals surface area contributed by atoms with Crippen LogP contribution in [0.5, 0.6) is 0 Å². The minimum Gasteiger partial charge on any atom is -0.363 e. The summed E-state index contributed by atoms with van der Waals surface area (Å²) in [6.07, 6.45) is 3.03. The zero-order chi connectivity index (χ0) is 19.2. The number of nitrogens with one attached hydrogen (secondary N) is 3. The summed E-state index contributed by atoms with van der Waals surface area (Å²) < 4.78 is 0. The molecule has 1 aromatic carbocycles. The topological polar surface area (TPSA) is 68.3 Å². The van der Waals surface area contributed by atoms with Crippen molar-refractivity contribution in [2.75, 3.05) is 32.6 Å². The van der Waals surface area contributed by atoms with E-state index in [0.29, 0.717) is 6.54 Å². The number of rotatable bonds is 6. The molecule has 0 bridgehead atoms. The predicted octanol–water partition coefficient (Wildman–Crippen LogP) is 3.46. The first-order chi connectivity index (χ1) is 13.1. The van der Waals surface area contributed by atoms with E-state index < -0.39 is 0 Å². The van der Waals surface area contributed by atoms with Crippen molar-refractivity contribution < 1.29 is 0 Å². The van der Waals surface area contributed by atoms with Crippen molar-refractivity contribution in [2.24, 2.45) is 4.99 Å². The Kier molecular flexibility index (Phi) is 8.10. The lowest BCUT2D eigenvalue weighted by molar-refractivity contribution is 0.784. The van der Waals surface area contributed by atoms with Crippen LogP contribution in [0.4, 0.5) is 5.82 Å². The van der Waals surface area contributed by atoms with Crippen molar-refractivity contribution in [1.82, 2.24) is 20.6 Å². The van der Waals surface area contributed by atoms with E-state index in [0.717, 1.165) is 30.4 Å².